The van der Waals surface area contributed by atoms with Gasteiger partial charge in [-0.1, -0.05) is 0 Å². The van der Waals surface area contributed by atoms with Crippen LogP contribution in [0, 0.1) is 6.92 Å². The predicted molar refractivity (Wildman–Crippen MR) is 93.8 cm³/mol. The van der Waals surface area contributed by atoms with Crippen LogP contribution in [0.5, 0.6) is 11.5 Å². The van der Waals surface area contributed by atoms with E-state index in [2.05, 4.69) is 15.7 Å². The van der Waals surface area contributed by atoms with Crippen LogP contribution in [0.3, 0.4) is 0 Å². The van der Waals surface area contributed by atoms with Gasteiger partial charge in [-0.25, -0.2) is 4.79 Å². The molecule has 0 saturated heterocycles. The van der Waals surface area contributed by atoms with Gasteiger partial charge in [0, 0.05) is 19.0 Å². The van der Waals surface area contributed by atoms with E-state index < -0.39 is 0 Å². The number of nitrogens with zero attached hydrogens (tertiary/aromatic N) is 2. The highest BCUT2D eigenvalue weighted by atomic mass is 16.5. The highest BCUT2D eigenvalue weighted by Crippen LogP contribution is 2.34. The summed E-state index contributed by atoms with van der Waals surface area (Å²) in [5.74, 6) is 1.58. The topological polar surface area (TPSA) is 77.4 Å². The summed E-state index contributed by atoms with van der Waals surface area (Å²) in [6.07, 6.45) is 0.723. The minimum atomic E-state index is -0.210. The van der Waals surface area contributed by atoms with Gasteiger partial charge in [0.15, 0.2) is 0 Å². The SMILES string of the molecule is CCOc1ccc2c(c1)C(NC(=O)NCc1cc(C)nn1C)CCO2. The fourth-order valence-electron chi connectivity index (χ4n) is 2.99. The van der Waals surface area contributed by atoms with Crippen LogP contribution in [0.1, 0.15) is 36.3 Å². The van der Waals surface area contributed by atoms with Crippen molar-refractivity contribution in [2.75, 3.05) is 13.2 Å². The number of amides is 2. The molecule has 7 heteroatoms. The molecule has 134 valence electrons. The van der Waals surface area contributed by atoms with Crippen molar-refractivity contribution >= 4 is 6.03 Å². The Kier molecular flexibility index (Phi) is 5.11. The molecule has 0 radical (unpaired) electrons. The minimum Gasteiger partial charge on any atom is -0.494 e. The highest BCUT2D eigenvalue weighted by Gasteiger charge is 2.23. The quantitative estimate of drug-likeness (QED) is 0.873. The van der Waals surface area contributed by atoms with E-state index in [0.717, 1.165) is 34.9 Å². The van der Waals surface area contributed by atoms with E-state index in [9.17, 15) is 4.79 Å². The third kappa shape index (κ3) is 4.04. The smallest absolute Gasteiger partial charge is 0.315 e. The normalized spacial score (nSPS) is 15.9. The molecule has 2 aromatic rings. The van der Waals surface area contributed by atoms with Gasteiger partial charge in [0.25, 0.3) is 0 Å². The standard InChI is InChI=1S/C18H24N4O3/c1-4-24-14-5-6-17-15(10-14)16(7-8-25-17)20-18(23)19-11-13-9-12(2)21-22(13)3/h5-6,9-10,16H,4,7-8,11H2,1-3H3,(H2,19,20,23). The average Bonchev–Trinajstić information content (AvgIpc) is 2.91. The van der Waals surface area contributed by atoms with E-state index in [4.69, 9.17) is 9.47 Å². The monoisotopic (exact) mass is 344 g/mol. The van der Waals surface area contributed by atoms with E-state index in [-0.39, 0.29) is 12.1 Å². The van der Waals surface area contributed by atoms with Crippen LogP contribution in [0.25, 0.3) is 0 Å². The molecule has 1 aliphatic rings. The van der Waals surface area contributed by atoms with Gasteiger partial charge < -0.3 is 20.1 Å². The third-order valence-electron chi connectivity index (χ3n) is 4.17. The lowest BCUT2D eigenvalue weighted by molar-refractivity contribution is 0.222. The summed E-state index contributed by atoms with van der Waals surface area (Å²) in [6, 6.07) is 7.36. The van der Waals surface area contributed by atoms with E-state index >= 15 is 0 Å². The van der Waals surface area contributed by atoms with Gasteiger partial charge in [-0.05, 0) is 38.1 Å². The van der Waals surface area contributed by atoms with Crippen molar-refractivity contribution in [3.63, 3.8) is 0 Å². The Bertz CT molecular complexity index is 757. The summed E-state index contributed by atoms with van der Waals surface area (Å²) in [7, 11) is 1.87. The molecule has 0 saturated carbocycles. The van der Waals surface area contributed by atoms with Crippen LogP contribution in [0.15, 0.2) is 24.3 Å². The Morgan fingerprint density at radius 3 is 3.00 bits per heavy atom. The number of hydrogen-bond acceptors (Lipinski definition) is 4. The lowest BCUT2D eigenvalue weighted by atomic mass is 10.0. The van der Waals surface area contributed by atoms with E-state index in [1.54, 1.807) is 4.68 Å². The average molecular weight is 344 g/mol. The van der Waals surface area contributed by atoms with Crippen molar-refractivity contribution in [1.82, 2.24) is 20.4 Å². The van der Waals surface area contributed by atoms with Gasteiger partial charge in [-0.3, -0.25) is 4.68 Å². The fourth-order valence-corrected chi connectivity index (χ4v) is 2.99. The second-order valence-corrected chi connectivity index (χ2v) is 6.05. The molecule has 0 aliphatic carbocycles. The van der Waals surface area contributed by atoms with E-state index in [1.165, 1.54) is 0 Å². The first-order valence-electron chi connectivity index (χ1n) is 8.50. The second-order valence-electron chi connectivity index (χ2n) is 6.05. The molecule has 25 heavy (non-hydrogen) atoms. The van der Waals surface area contributed by atoms with Gasteiger partial charge in [0.1, 0.15) is 11.5 Å². The molecular weight excluding hydrogens is 320 g/mol. The van der Waals surface area contributed by atoms with Gasteiger partial charge in [0.2, 0.25) is 0 Å². The van der Waals surface area contributed by atoms with Gasteiger partial charge >= 0.3 is 6.03 Å². The first-order chi connectivity index (χ1) is 12.1. The summed E-state index contributed by atoms with van der Waals surface area (Å²) in [6.45, 7) is 5.48. The number of urea groups is 1. The molecule has 1 aromatic carbocycles. The van der Waals surface area contributed by atoms with Crippen LogP contribution < -0.4 is 20.1 Å². The number of aromatic nitrogens is 2. The highest BCUT2D eigenvalue weighted by molar-refractivity contribution is 5.74. The number of carbonyl (C=O) groups excluding carboxylic acids is 1. The Morgan fingerprint density at radius 1 is 1.44 bits per heavy atom. The number of aryl methyl sites for hydroxylation is 2. The Hall–Kier alpha value is -2.70. The van der Waals surface area contributed by atoms with Crippen LogP contribution in [0.4, 0.5) is 4.79 Å². The third-order valence-corrected chi connectivity index (χ3v) is 4.17. The molecule has 2 N–H and O–H groups in total. The number of fused-ring (bicyclic) bond motifs is 1. The van der Waals surface area contributed by atoms with Gasteiger partial charge in [-0.15, -0.1) is 0 Å². The number of nitrogens with one attached hydrogen (secondary N) is 2. The maximum Gasteiger partial charge on any atom is 0.315 e. The first-order valence-corrected chi connectivity index (χ1v) is 8.50. The number of hydrogen-bond donors (Lipinski definition) is 2. The summed E-state index contributed by atoms with van der Waals surface area (Å²) >= 11 is 0. The maximum absolute atomic E-state index is 12.3. The van der Waals surface area contributed by atoms with Gasteiger partial charge in [-0.2, -0.15) is 5.10 Å². The van der Waals surface area contributed by atoms with Crippen molar-refractivity contribution in [3.05, 3.63) is 41.2 Å². The zero-order chi connectivity index (χ0) is 17.8. The molecule has 1 aromatic heterocycles. The van der Waals surface area contributed by atoms with Gasteiger partial charge in [0.05, 0.1) is 37.2 Å². The van der Waals surface area contributed by atoms with Crippen molar-refractivity contribution < 1.29 is 14.3 Å². The molecule has 0 fully saturated rings. The number of benzene rings is 1. The largest absolute Gasteiger partial charge is 0.494 e. The lowest BCUT2D eigenvalue weighted by Gasteiger charge is -2.27. The Morgan fingerprint density at radius 2 is 2.28 bits per heavy atom. The number of rotatable bonds is 5. The van der Waals surface area contributed by atoms with E-state index in [1.807, 2.05) is 45.2 Å². The fraction of sp³-hybridized carbons (Fsp3) is 0.444. The molecule has 1 unspecified atom stereocenters. The molecule has 1 aliphatic heterocycles. The number of carbonyl (C=O) groups is 1. The van der Waals surface area contributed by atoms with Crippen molar-refractivity contribution in [1.29, 1.82) is 0 Å². The predicted octanol–water partition coefficient (Wildman–Crippen LogP) is 2.45. The molecular formula is C18H24N4O3. The van der Waals surface area contributed by atoms with Crippen molar-refractivity contribution in [2.24, 2.45) is 7.05 Å². The summed E-state index contributed by atoms with van der Waals surface area (Å²) in [5.41, 5.74) is 2.84. The Labute approximate surface area is 147 Å². The molecule has 0 spiro atoms. The second kappa shape index (κ2) is 7.46. The van der Waals surface area contributed by atoms with Crippen LogP contribution in [0.2, 0.25) is 0 Å². The zero-order valence-electron chi connectivity index (χ0n) is 14.8. The molecule has 0 bridgehead atoms. The van der Waals surface area contributed by atoms with Crippen LogP contribution >= 0.6 is 0 Å². The Balaban J connectivity index is 1.64. The molecule has 2 amide bonds. The molecule has 1 atom stereocenters. The molecule has 7 nitrogen and oxygen atoms in total. The molecule has 3 rings (SSSR count). The first kappa shape index (κ1) is 17.1. The van der Waals surface area contributed by atoms with Crippen molar-refractivity contribution in [3.8, 4) is 11.5 Å². The minimum absolute atomic E-state index is 0.0996. The summed E-state index contributed by atoms with van der Waals surface area (Å²) in [4.78, 5) is 12.3. The molecule has 2 heterocycles. The maximum atomic E-state index is 12.3. The number of ether oxygens (including phenoxy) is 2. The van der Waals surface area contributed by atoms with Crippen molar-refractivity contribution in [2.45, 2.75) is 32.9 Å². The lowest BCUT2D eigenvalue weighted by Crippen LogP contribution is -2.39. The zero-order valence-corrected chi connectivity index (χ0v) is 14.8. The summed E-state index contributed by atoms with van der Waals surface area (Å²) < 4.78 is 13.0. The summed E-state index contributed by atoms with van der Waals surface area (Å²) in [5, 5.41) is 10.2. The van der Waals surface area contributed by atoms with E-state index in [0.29, 0.717) is 19.8 Å². The van der Waals surface area contributed by atoms with Crippen LogP contribution in [-0.2, 0) is 13.6 Å². The van der Waals surface area contributed by atoms with Crippen LogP contribution in [-0.4, -0.2) is 29.0 Å².